The lowest BCUT2D eigenvalue weighted by molar-refractivity contribution is 0.207. The number of fused-ring (bicyclic) bond motifs is 3. The number of amides is 1. The lowest BCUT2D eigenvalue weighted by Crippen LogP contribution is -2.26. The molecule has 0 radical (unpaired) electrons. The lowest BCUT2D eigenvalue weighted by atomic mass is 10.1. The normalized spacial score (nSPS) is 13.5. The van der Waals surface area contributed by atoms with E-state index >= 15 is 0 Å². The number of hydrogen-bond donors (Lipinski definition) is 1. The van der Waals surface area contributed by atoms with Crippen molar-refractivity contribution in [3.63, 3.8) is 0 Å². The highest BCUT2D eigenvalue weighted by atomic mass is 35.5. The number of benzene rings is 1. The van der Waals surface area contributed by atoms with Crippen LogP contribution in [0.4, 0.5) is 4.79 Å². The van der Waals surface area contributed by atoms with Crippen LogP contribution in [0.25, 0.3) is 10.9 Å². The van der Waals surface area contributed by atoms with Gasteiger partial charge in [-0.05, 0) is 31.5 Å². The van der Waals surface area contributed by atoms with Crippen LogP contribution in [0.2, 0.25) is 0 Å². The minimum absolute atomic E-state index is 0. The molecule has 114 valence electrons. The molecule has 0 spiro atoms. The van der Waals surface area contributed by atoms with E-state index in [-0.39, 0.29) is 18.4 Å². The zero-order valence-corrected chi connectivity index (χ0v) is 13.3. The maximum atomic E-state index is 12.7. The average Bonchev–Trinajstić information content (AvgIpc) is 3.10. The molecule has 6 heteroatoms. The predicted molar refractivity (Wildman–Crippen MR) is 87.3 cm³/mol. The quantitative estimate of drug-likeness (QED) is 0.788. The molecule has 0 atom stereocenters. The van der Waals surface area contributed by atoms with Gasteiger partial charge in [-0.15, -0.1) is 12.4 Å². The van der Waals surface area contributed by atoms with Crippen molar-refractivity contribution in [2.45, 2.75) is 26.9 Å². The van der Waals surface area contributed by atoms with Gasteiger partial charge in [-0.3, -0.25) is 4.57 Å². The number of H-pyrrole nitrogens is 1. The molecular formula is C16H17ClN4O. The fourth-order valence-corrected chi connectivity index (χ4v) is 3.03. The Hall–Kier alpha value is -2.27. The van der Waals surface area contributed by atoms with E-state index in [9.17, 15) is 4.79 Å². The van der Waals surface area contributed by atoms with E-state index in [2.05, 4.69) is 29.0 Å². The highest BCUT2D eigenvalue weighted by molar-refractivity contribution is 5.96. The minimum atomic E-state index is 0. The second-order valence-electron chi connectivity index (χ2n) is 5.59. The number of carbonyl (C=O) groups excluding carboxylic acids is 1. The van der Waals surface area contributed by atoms with Crippen molar-refractivity contribution in [3.05, 3.63) is 53.2 Å². The zero-order chi connectivity index (χ0) is 14.6. The Kier molecular flexibility index (Phi) is 3.45. The molecule has 1 aliphatic rings. The van der Waals surface area contributed by atoms with Gasteiger partial charge in [-0.2, -0.15) is 0 Å². The summed E-state index contributed by atoms with van der Waals surface area (Å²) in [6.07, 6.45) is 1.67. The Morgan fingerprint density at radius 3 is 2.86 bits per heavy atom. The molecule has 3 aromatic rings. The van der Waals surface area contributed by atoms with Gasteiger partial charge in [0.25, 0.3) is 0 Å². The van der Waals surface area contributed by atoms with Crippen molar-refractivity contribution in [1.29, 1.82) is 0 Å². The molecule has 0 unspecified atom stereocenters. The van der Waals surface area contributed by atoms with E-state index in [1.54, 1.807) is 6.33 Å². The lowest BCUT2D eigenvalue weighted by Gasteiger charge is -2.14. The largest absolute Gasteiger partial charge is 0.348 e. The maximum absolute atomic E-state index is 12.7. The van der Waals surface area contributed by atoms with Crippen LogP contribution >= 0.6 is 12.4 Å². The van der Waals surface area contributed by atoms with Crippen LogP contribution in [0.3, 0.4) is 0 Å². The Morgan fingerprint density at radius 2 is 2.14 bits per heavy atom. The first-order valence-corrected chi connectivity index (χ1v) is 7.03. The highest BCUT2D eigenvalue weighted by Gasteiger charge is 2.29. The third kappa shape index (κ3) is 2.01. The molecular weight excluding hydrogens is 300 g/mol. The average molecular weight is 317 g/mol. The molecule has 3 heterocycles. The zero-order valence-electron chi connectivity index (χ0n) is 12.5. The van der Waals surface area contributed by atoms with E-state index in [4.69, 9.17) is 0 Å². The van der Waals surface area contributed by atoms with Crippen molar-refractivity contribution in [2.75, 3.05) is 0 Å². The molecule has 22 heavy (non-hydrogen) atoms. The van der Waals surface area contributed by atoms with E-state index < -0.39 is 0 Å². The van der Waals surface area contributed by atoms with Crippen molar-refractivity contribution >= 4 is 29.3 Å². The summed E-state index contributed by atoms with van der Waals surface area (Å²) in [5.74, 6) is 0. The number of imidazole rings is 1. The van der Waals surface area contributed by atoms with Gasteiger partial charge in [-0.25, -0.2) is 9.78 Å². The summed E-state index contributed by atoms with van der Waals surface area (Å²) in [6.45, 7) is 5.23. The molecule has 1 aromatic carbocycles. The monoisotopic (exact) mass is 316 g/mol. The van der Waals surface area contributed by atoms with Crippen LogP contribution in [-0.2, 0) is 13.1 Å². The van der Waals surface area contributed by atoms with Gasteiger partial charge in [0.1, 0.15) is 0 Å². The summed E-state index contributed by atoms with van der Waals surface area (Å²) >= 11 is 0. The number of rotatable bonds is 2. The minimum Gasteiger partial charge on any atom is -0.348 e. The Labute approximate surface area is 134 Å². The molecule has 0 aliphatic carbocycles. The molecule has 0 fully saturated rings. The molecule has 0 saturated heterocycles. The van der Waals surface area contributed by atoms with Crippen LogP contribution in [-0.4, -0.2) is 25.5 Å². The maximum Gasteiger partial charge on any atom is 0.329 e. The fraction of sp³-hybridized carbons (Fsp3) is 0.250. The predicted octanol–water partition coefficient (Wildman–Crippen LogP) is 3.39. The summed E-state index contributed by atoms with van der Waals surface area (Å²) in [5.41, 5.74) is 5.19. The molecule has 1 N–H and O–H groups in total. The highest BCUT2D eigenvalue weighted by Crippen LogP contribution is 2.29. The Morgan fingerprint density at radius 1 is 1.32 bits per heavy atom. The van der Waals surface area contributed by atoms with E-state index in [1.165, 1.54) is 5.56 Å². The summed E-state index contributed by atoms with van der Waals surface area (Å²) in [4.78, 5) is 21.8. The number of halogens is 1. The molecule has 0 bridgehead atoms. The van der Waals surface area contributed by atoms with Crippen molar-refractivity contribution < 1.29 is 4.79 Å². The van der Waals surface area contributed by atoms with E-state index in [0.29, 0.717) is 13.1 Å². The Balaban J connectivity index is 0.00000144. The fourth-order valence-electron chi connectivity index (χ4n) is 3.03. The van der Waals surface area contributed by atoms with Gasteiger partial charge in [0.05, 0.1) is 30.6 Å². The summed E-state index contributed by atoms with van der Waals surface area (Å²) in [6, 6.07) is 8.24. The van der Waals surface area contributed by atoms with Crippen LogP contribution in [0.5, 0.6) is 0 Å². The van der Waals surface area contributed by atoms with Gasteiger partial charge in [0.2, 0.25) is 0 Å². The van der Waals surface area contributed by atoms with E-state index in [0.717, 1.165) is 28.0 Å². The van der Waals surface area contributed by atoms with Crippen molar-refractivity contribution in [3.8, 4) is 0 Å². The van der Waals surface area contributed by atoms with Crippen LogP contribution < -0.4 is 0 Å². The van der Waals surface area contributed by atoms with Crippen molar-refractivity contribution in [2.24, 2.45) is 0 Å². The number of nitrogens with one attached hydrogen (secondary N) is 1. The SMILES string of the molecule is Cc1[nH]cnc1CN1Cc2cc3c(C)cccc3n2C1=O.Cl. The number of aryl methyl sites for hydroxylation is 2. The Bertz CT molecular complexity index is 864. The van der Waals surface area contributed by atoms with Crippen LogP contribution in [0, 0.1) is 13.8 Å². The summed E-state index contributed by atoms with van der Waals surface area (Å²) < 4.78 is 1.82. The summed E-state index contributed by atoms with van der Waals surface area (Å²) in [7, 11) is 0. The van der Waals surface area contributed by atoms with Gasteiger partial charge in [0.15, 0.2) is 0 Å². The molecule has 2 aromatic heterocycles. The number of aromatic amines is 1. The van der Waals surface area contributed by atoms with Gasteiger partial charge < -0.3 is 9.88 Å². The van der Waals surface area contributed by atoms with Gasteiger partial charge in [-0.1, -0.05) is 12.1 Å². The molecule has 5 nitrogen and oxygen atoms in total. The smallest absolute Gasteiger partial charge is 0.329 e. The second-order valence-corrected chi connectivity index (χ2v) is 5.59. The molecule has 4 rings (SSSR count). The number of carbonyl (C=O) groups is 1. The molecule has 1 amide bonds. The first-order chi connectivity index (χ1) is 10.1. The third-order valence-electron chi connectivity index (χ3n) is 4.23. The third-order valence-corrected chi connectivity index (χ3v) is 4.23. The first-order valence-electron chi connectivity index (χ1n) is 7.03. The van der Waals surface area contributed by atoms with Gasteiger partial charge in [0, 0.05) is 16.8 Å². The van der Waals surface area contributed by atoms with Crippen LogP contribution in [0.15, 0.2) is 30.6 Å². The molecule has 1 aliphatic heterocycles. The van der Waals surface area contributed by atoms with Gasteiger partial charge >= 0.3 is 6.03 Å². The topological polar surface area (TPSA) is 53.9 Å². The number of aromatic nitrogens is 3. The van der Waals surface area contributed by atoms with E-state index in [1.807, 2.05) is 28.5 Å². The number of nitrogens with zero attached hydrogens (tertiary/aromatic N) is 3. The van der Waals surface area contributed by atoms with Crippen LogP contribution in [0.1, 0.15) is 22.6 Å². The van der Waals surface area contributed by atoms with Crippen molar-refractivity contribution in [1.82, 2.24) is 19.4 Å². The summed E-state index contributed by atoms with van der Waals surface area (Å²) in [5, 5.41) is 1.16. The first kappa shape index (κ1) is 14.7. The molecule has 0 saturated carbocycles. The number of hydrogen-bond acceptors (Lipinski definition) is 2. The second kappa shape index (κ2) is 5.18. The standard InChI is InChI=1S/C16H16N4O.ClH/c1-10-4-3-5-15-13(10)6-12-7-19(16(21)20(12)15)8-14-11(2)17-9-18-14;/h3-6,9H,7-8H2,1-2H3,(H,17,18);1H.